The zero-order valence-electron chi connectivity index (χ0n) is 9.51. The summed E-state index contributed by atoms with van der Waals surface area (Å²) in [4.78, 5) is 22.6. The third-order valence-corrected chi connectivity index (χ3v) is 3.57. The van der Waals surface area contributed by atoms with Gasteiger partial charge in [-0.2, -0.15) is 0 Å². The van der Waals surface area contributed by atoms with Crippen LogP contribution in [-0.2, 0) is 0 Å². The molecule has 0 saturated carbocycles. The number of aromatic carboxylic acids is 1. The van der Waals surface area contributed by atoms with Crippen LogP contribution >= 0.6 is 15.9 Å². The van der Waals surface area contributed by atoms with Gasteiger partial charge >= 0.3 is 11.6 Å². The van der Waals surface area contributed by atoms with E-state index >= 15 is 0 Å². The van der Waals surface area contributed by atoms with Gasteiger partial charge in [0.05, 0.1) is 0 Å². The molecule has 0 aliphatic heterocycles. The molecule has 0 amide bonds. The lowest BCUT2D eigenvalue weighted by Gasteiger charge is -2.05. The van der Waals surface area contributed by atoms with Crippen molar-refractivity contribution in [1.82, 2.24) is 0 Å². The summed E-state index contributed by atoms with van der Waals surface area (Å²) in [5.74, 6) is -1.29. The molecule has 0 saturated heterocycles. The molecule has 0 atom stereocenters. The lowest BCUT2D eigenvalue weighted by atomic mass is 10.1. The molecule has 3 aromatic rings. The summed E-state index contributed by atoms with van der Waals surface area (Å²) >= 11 is 3.43. The van der Waals surface area contributed by atoms with Crippen molar-refractivity contribution >= 4 is 43.6 Å². The van der Waals surface area contributed by atoms with E-state index in [-0.39, 0.29) is 5.56 Å². The Hall–Kier alpha value is -2.14. The molecule has 0 aliphatic rings. The second kappa shape index (κ2) is 4.20. The lowest BCUT2D eigenvalue weighted by molar-refractivity contribution is 0.0692. The Morgan fingerprint density at radius 3 is 2.53 bits per heavy atom. The molecule has 0 fully saturated rings. The maximum atomic E-state index is 11.6. The van der Waals surface area contributed by atoms with Crippen molar-refractivity contribution in [3.8, 4) is 0 Å². The summed E-state index contributed by atoms with van der Waals surface area (Å²) in [7, 11) is 0. The third kappa shape index (κ3) is 1.82. The SMILES string of the molecule is O=C(O)c1cc2cc(Br)c3ccccc3c2oc1=O. The average Bonchev–Trinajstić information content (AvgIpc) is 2.39. The second-order valence-corrected chi connectivity index (χ2v) is 4.93. The first-order chi connectivity index (χ1) is 9.08. The summed E-state index contributed by atoms with van der Waals surface area (Å²) < 4.78 is 5.99. The summed E-state index contributed by atoms with van der Waals surface area (Å²) in [5.41, 5.74) is -0.809. The van der Waals surface area contributed by atoms with Crippen LogP contribution in [-0.4, -0.2) is 11.1 Å². The maximum absolute atomic E-state index is 11.6. The molecule has 1 heterocycles. The van der Waals surface area contributed by atoms with Crippen LogP contribution in [0, 0.1) is 0 Å². The number of carboxylic acids is 1. The zero-order valence-corrected chi connectivity index (χ0v) is 11.1. The number of carboxylic acid groups (broad SMARTS) is 1. The van der Waals surface area contributed by atoms with E-state index in [9.17, 15) is 9.59 Å². The largest absolute Gasteiger partial charge is 0.477 e. The topological polar surface area (TPSA) is 67.5 Å². The smallest absolute Gasteiger partial charge is 0.351 e. The molecule has 1 aromatic heterocycles. The number of hydrogen-bond acceptors (Lipinski definition) is 3. The van der Waals surface area contributed by atoms with Gasteiger partial charge in [-0.05, 0) is 17.5 Å². The Morgan fingerprint density at radius 1 is 1.16 bits per heavy atom. The van der Waals surface area contributed by atoms with Crippen molar-refractivity contribution in [2.75, 3.05) is 0 Å². The van der Waals surface area contributed by atoms with Crippen molar-refractivity contribution in [2.24, 2.45) is 0 Å². The van der Waals surface area contributed by atoms with Gasteiger partial charge in [-0.1, -0.05) is 40.2 Å². The van der Waals surface area contributed by atoms with Crippen molar-refractivity contribution in [1.29, 1.82) is 0 Å². The molecule has 3 rings (SSSR count). The van der Waals surface area contributed by atoms with Crippen molar-refractivity contribution in [3.63, 3.8) is 0 Å². The van der Waals surface area contributed by atoms with Crippen molar-refractivity contribution in [2.45, 2.75) is 0 Å². The summed E-state index contributed by atoms with van der Waals surface area (Å²) in [6, 6.07) is 10.5. The summed E-state index contributed by atoms with van der Waals surface area (Å²) in [5, 5.41) is 11.2. The van der Waals surface area contributed by atoms with Gasteiger partial charge in [0.25, 0.3) is 0 Å². The molecule has 0 aliphatic carbocycles. The van der Waals surface area contributed by atoms with Gasteiger partial charge in [0.1, 0.15) is 11.1 Å². The molecule has 5 heteroatoms. The normalized spacial score (nSPS) is 11.0. The third-order valence-electron chi connectivity index (χ3n) is 2.92. The molecule has 19 heavy (non-hydrogen) atoms. The first-order valence-electron chi connectivity index (χ1n) is 5.46. The van der Waals surface area contributed by atoms with Crippen LogP contribution in [0.3, 0.4) is 0 Å². The van der Waals surface area contributed by atoms with E-state index in [0.717, 1.165) is 15.2 Å². The minimum Gasteiger partial charge on any atom is -0.477 e. The number of fused-ring (bicyclic) bond motifs is 3. The number of benzene rings is 2. The molecular weight excluding hydrogens is 312 g/mol. The minimum absolute atomic E-state index is 0.366. The van der Waals surface area contributed by atoms with Gasteiger partial charge in [0.2, 0.25) is 0 Å². The molecular formula is C14H7BrO4. The van der Waals surface area contributed by atoms with E-state index in [1.54, 1.807) is 6.07 Å². The van der Waals surface area contributed by atoms with E-state index in [1.807, 2.05) is 24.3 Å². The van der Waals surface area contributed by atoms with E-state index in [0.29, 0.717) is 11.0 Å². The van der Waals surface area contributed by atoms with Gasteiger partial charge in [0, 0.05) is 15.2 Å². The first kappa shape index (κ1) is 11.9. The highest BCUT2D eigenvalue weighted by atomic mass is 79.9. The fraction of sp³-hybridized carbons (Fsp3) is 0. The summed E-state index contributed by atoms with van der Waals surface area (Å²) in [6.45, 7) is 0. The second-order valence-electron chi connectivity index (χ2n) is 4.08. The predicted molar refractivity (Wildman–Crippen MR) is 74.6 cm³/mol. The number of halogens is 1. The predicted octanol–water partition coefficient (Wildman–Crippen LogP) is 3.41. The summed E-state index contributed by atoms with van der Waals surface area (Å²) in [6.07, 6.45) is 0. The first-order valence-corrected chi connectivity index (χ1v) is 6.25. The highest BCUT2D eigenvalue weighted by Gasteiger charge is 2.14. The van der Waals surface area contributed by atoms with E-state index in [2.05, 4.69) is 15.9 Å². The van der Waals surface area contributed by atoms with Gasteiger partial charge in [-0.15, -0.1) is 0 Å². The zero-order chi connectivity index (χ0) is 13.6. The number of carbonyl (C=O) groups is 1. The van der Waals surface area contributed by atoms with E-state index in [1.165, 1.54) is 6.07 Å². The maximum Gasteiger partial charge on any atom is 0.351 e. The fourth-order valence-electron chi connectivity index (χ4n) is 2.06. The van der Waals surface area contributed by atoms with Crippen LogP contribution in [0.5, 0.6) is 0 Å². The average molecular weight is 319 g/mol. The van der Waals surface area contributed by atoms with Gasteiger partial charge in [0.15, 0.2) is 0 Å². The minimum atomic E-state index is -1.29. The van der Waals surface area contributed by atoms with Crippen LogP contribution < -0.4 is 5.63 Å². The monoisotopic (exact) mass is 318 g/mol. The van der Waals surface area contributed by atoms with Crippen molar-refractivity contribution in [3.05, 3.63) is 56.9 Å². The Kier molecular flexibility index (Phi) is 2.64. The van der Waals surface area contributed by atoms with Gasteiger partial charge < -0.3 is 9.52 Å². The molecule has 0 radical (unpaired) electrons. The molecule has 0 spiro atoms. The molecule has 2 aromatic carbocycles. The Bertz CT molecular complexity index is 880. The van der Waals surface area contributed by atoms with Crippen molar-refractivity contribution < 1.29 is 14.3 Å². The molecule has 1 N–H and O–H groups in total. The van der Waals surface area contributed by atoms with E-state index < -0.39 is 11.6 Å². The molecule has 4 nitrogen and oxygen atoms in total. The quantitative estimate of drug-likeness (QED) is 0.551. The van der Waals surface area contributed by atoms with Gasteiger partial charge in [-0.3, -0.25) is 0 Å². The van der Waals surface area contributed by atoms with Gasteiger partial charge in [-0.25, -0.2) is 9.59 Å². The Morgan fingerprint density at radius 2 is 1.84 bits per heavy atom. The molecule has 94 valence electrons. The lowest BCUT2D eigenvalue weighted by Crippen LogP contribution is -2.12. The number of rotatable bonds is 1. The number of hydrogen-bond donors (Lipinski definition) is 1. The Balaban J connectivity index is 2.54. The standard InChI is InChI=1S/C14H7BrO4/c15-11-6-7-5-10(13(16)17)14(18)19-12(7)9-4-2-1-3-8(9)11/h1-6H,(H,16,17). The fourth-order valence-corrected chi connectivity index (χ4v) is 2.65. The van der Waals surface area contributed by atoms with Crippen LogP contribution in [0.25, 0.3) is 21.7 Å². The highest BCUT2D eigenvalue weighted by molar-refractivity contribution is 9.10. The van der Waals surface area contributed by atoms with Crippen LogP contribution in [0.4, 0.5) is 0 Å². The Labute approximate surface area is 115 Å². The van der Waals surface area contributed by atoms with Crippen LogP contribution in [0.2, 0.25) is 0 Å². The van der Waals surface area contributed by atoms with Crippen LogP contribution in [0.15, 0.2) is 50.1 Å². The van der Waals surface area contributed by atoms with E-state index in [4.69, 9.17) is 9.52 Å². The molecule has 0 bridgehead atoms. The highest BCUT2D eigenvalue weighted by Crippen LogP contribution is 2.31. The van der Waals surface area contributed by atoms with Crippen LogP contribution in [0.1, 0.15) is 10.4 Å². The molecule has 0 unspecified atom stereocenters.